The van der Waals surface area contributed by atoms with Gasteiger partial charge in [0.1, 0.15) is 5.82 Å². The molecular weight excluding hydrogens is 403 g/mol. The Bertz CT molecular complexity index is 981. The van der Waals surface area contributed by atoms with E-state index in [9.17, 15) is 4.39 Å². The van der Waals surface area contributed by atoms with Gasteiger partial charge < -0.3 is 0 Å². The Hall–Kier alpha value is -2.41. The molecule has 1 saturated carbocycles. The second-order valence-corrected chi connectivity index (χ2v) is 10.2. The van der Waals surface area contributed by atoms with Crippen LogP contribution in [0.1, 0.15) is 92.0 Å². The number of hydrogen-bond donors (Lipinski definition) is 0. The molecule has 1 unspecified atom stereocenters. The molecule has 0 spiro atoms. The minimum absolute atomic E-state index is 0.0142. The van der Waals surface area contributed by atoms with Crippen LogP contribution in [0.5, 0.6) is 0 Å². The highest BCUT2D eigenvalue weighted by Crippen LogP contribution is 2.38. The third kappa shape index (κ3) is 6.56. The molecule has 1 aliphatic rings. The molecule has 0 bridgehead atoms. The van der Waals surface area contributed by atoms with Crippen molar-refractivity contribution in [3.05, 3.63) is 106 Å². The second kappa shape index (κ2) is 11.6. The molecule has 4 rings (SSSR count). The van der Waals surface area contributed by atoms with Crippen LogP contribution in [0.2, 0.25) is 0 Å². The zero-order valence-electron chi connectivity index (χ0n) is 20.4. The third-order valence-electron chi connectivity index (χ3n) is 7.69. The maximum absolute atomic E-state index is 14.2. The summed E-state index contributed by atoms with van der Waals surface area (Å²) in [4.78, 5) is 0. The van der Waals surface area contributed by atoms with Crippen molar-refractivity contribution in [1.29, 1.82) is 0 Å². The van der Waals surface area contributed by atoms with Crippen molar-refractivity contribution in [2.45, 2.75) is 83.5 Å². The van der Waals surface area contributed by atoms with E-state index in [1.54, 1.807) is 6.07 Å². The summed E-state index contributed by atoms with van der Waals surface area (Å²) in [5.41, 5.74) is 6.38. The molecule has 0 heterocycles. The first kappa shape index (κ1) is 23.7. The molecule has 0 aliphatic heterocycles. The van der Waals surface area contributed by atoms with Crippen LogP contribution < -0.4 is 0 Å². The van der Waals surface area contributed by atoms with E-state index >= 15 is 0 Å². The van der Waals surface area contributed by atoms with Gasteiger partial charge in [0, 0.05) is 0 Å². The molecule has 3 aromatic carbocycles. The van der Waals surface area contributed by atoms with Gasteiger partial charge in [0.2, 0.25) is 0 Å². The first-order valence-corrected chi connectivity index (χ1v) is 13.0. The lowest BCUT2D eigenvalue weighted by atomic mass is 9.76. The zero-order valence-corrected chi connectivity index (χ0v) is 20.4. The summed E-state index contributed by atoms with van der Waals surface area (Å²) in [5.74, 6) is 2.02. The van der Waals surface area contributed by atoms with Crippen LogP contribution in [-0.2, 0) is 19.3 Å². The fraction of sp³-hybridized carbons (Fsp3) is 0.438. The van der Waals surface area contributed by atoms with Gasteiger partial charge in [0.05, 0.1) is 0 Å². The average molecular weight is 443 g/mol. The number of aryl methyl sites for hydroxylation is 2. The van der Waals surface area contributed by atoms with Gasteiger partial charge in [-0.15, -0.1) is 0 Å². The highest BCUT2D eigenvalue weighted by Gasteiger charge is 2.22. The Balaban J connectivity index is 1.24. The van der Waals surface area contributed by atoms with Gasteiger partial charge in [-0.1, -0.05) is 87.0 Å². The van der Waals surface area contributed by atoms with Crippen molar-refractivity contribution in [2.24, 2.45) is 5.92 Å². The largest absolute Gasteiger partial charge is 0.207 e. The molecular formula is C32H39F. The van der Waals surface area contributed by atoms with Crippen LogP contribution in [0, 0.1) is 11.7 Å². The van der Waals surface area contributed by atoms with Gasteiger partial charge in [-0.05, 0) is 103 Å². The Morgan fingerprint density at radius 3 is 2.18 bits per heavy atom. The lowest BCUT2D eigenvalue weighted by Crippen LogP contribution is -2.14. The molecule has 1 atom stereocenters. The molecule has 1 heteroatoms. The average Bonchev–Trinajstić information content (AvgIpc) is 2.86. The van der Waals surface area contributed by atoms with Gasteiger partial charge in [-0.25, -0.2) is 4.39 Å². The molecule has 0 radical (unpaired) electrons. The monoisotopic (exact) mass is 442 g/mol. The summed E-state index contributed by atoms with van der Waals surface area (Å²) >= 11 is 0. The quantitative estimate of drug-likeness (QED) is 0.310. The van der Waals surface area contributed by atoms with Crippen LogP contribution in [0.15, 0.2) is 72.8 Å². The Morgan fingerprint density at radius 2 is 1.52 bits per heavy atom. The van der Waals surface area contributed by atoms with E-state index in [4.69, 9.17) is 0 Å². The summed E-state index contributed by atoms with van der Waals surface area (Å²) in [5, 5.41) is 0. The van der Waals surface area contributed by atoms with Gasteiger partial charge >= 0.3 is 0 Å². The van der Waals surface area contributed by atoms with Crippen molar-refractivity contribution in [2.75, 3.05) is 0 Å². The minimum Gasteiger partial charge on any atom is -0.207 e. The molecule has 1 fully saturated rings. The van der Waals surface area contributed by atoms with Gasteiger partial charge in [0.15, 0.2) is 0 Å². The fourth-order valence-corrected chi connectivity index (χ4v) is 5.55. The number of rotatable bonds is 9. The van der Waals surface area contributed by atoms with Crippen molar-refractivity contribution in [3.63, 3.8) is 0 Å². The van der Waals surface area contributed by atoms with E-state index in [0.29, 0.717) is 11.8 Å². The van der Waals surface area contributed by atoms with Crippen molar-refractivity contribution >= 4 is 0 Å². The molecule has 0 nitrogen and oxygen atoms in total. The highest BCUT2D eigenvalue weighted by molar-refractivity contribution is 5.29. The maximum Gasteiger partial charge on any atom is 0.126 e. The van der Waals surface area contributed by atoms with Crippen LogP contribution in [0.4, 0.5) is 4.39 Å². The summed E-state index contributed by atoms with van der Waals surface area (Å²) in [6.45, 7) is 4.42. The molecule has 0 N–H and O–H groups in total. The van der Waals surface area contributed by atoms with Crippen molar-refractivity contribution < 1.29 is 4.39 Å². The lowest BCUT2D eigenvalue weighted by Gasteiger charge is -2.29. The Kier molecular flexibility index (Phi) is 8.37. The smallest absolute Gasteiger partial charge is 0.126 e. The van der Waals surface area contributed by atoms with Crippen molar-refractivity contribution in [1.82, 2.24) is 0 Å². The van der Waals surface area contributed by atoms with Crippen molar-refractivity contribution in [3.8, 4) is 0 Å². The first-order valence-electron chi connectivity index (χ1n) is 13.0. The Labute approximate surface area is 200 Å². The second-order valence-electron chi connectivity index (χ2n) is 10.2. The predicted molar refractivity (Wildman–Crippen MR) is 138 cm³/mol. The maximum atomic E-state index is 14.2. The molecule has 0 amide bonds. The topological polar surface area (TPSA) is 0 Å². The van der Waals surface area contributed by atoms with E-state index in [-0.39, 0.29) is 5.82 Å². The molecule has 0 aromatic heterocycles. The van der Waals surface area contributed by atoms with Gasteiger partial charge in [-0.2, -0.15) is 0 Å². The van der Waals surface area contributed by atoms with E-state index in [1.165, 1.54) is 48.8 Å². The number of hydrogen-bond acceptors (Lipinski definition) is 0. The number of benzene rings is 3. The fourth-order valence-electron chi connectivity index (χ4n) is 5.55. The highest BCUT2D eigenvalue weighted by atomic mass is 19.1. The molecule has 33 heavy (non-hydrogen) atoms. The summed E-state index contributed by atoms with van der Waals surface area (Å²) < 4.78 is 14.2. The van der Waals surface area contributed by atoms with E-state index in [1.807, 2.05) is 6.07 Å². The van der Waals surface area contributed by atoms with Gasteiger partial charge in [0.25, 0.3) is 0 Å². The normalized spacial score (nSPS) is 19.4. The Morgan fingerprint density at radius 1 is 0.818 bits per heavy atom. The zero-order chi connectivity index (χ0) is 23.0. The van der Waals surface area contributed by atoms with E-state index < -0.39 is 0 Å². The van der Waals surface area contributed by atoms with Gasteiger partial charge in [-0.3, -0.25) is 0 Å². The summed E-state index contributed by atoms with van der Waals surface area (Å²) in [6, 6.07) is 26.2. The SMILES string of the molecule is CCCc1ccc(CCC2CCC(c3ccc(CC(C)c4ccccc4)cc3)CC2)cc1F. The third-order valence-corrected chi connectivity index (χ3v) is 7.69. The van der Waals surface area contributed by atoms with E-state index in [2.05, 4.69) is 74.5 Å². The lowest BCUT2D eigenvalue weighted by molar-refractivity contribution is 0.310. The van der Waals surface area contributed by atoms with Crippen LogP contribution in [0.25, 0.3) is 0 Å². The standard InChI is InChI=1S/C32H39F/c1-3-7-31-21-16-27(23-32(31)33)11-10-25-12-17-29(18-13-25)30-19-14-26(15-20-30)22-24(2)28-8-5-4-6-9-28/h4-6,8-9,14-16,19-21,23-25,29H,3,7,10-13,17-18,22H2,1-2H3. The number of halogens is 1. The van der Waals surface area contributed by atoms with Crippen LogP contribution in [-0.4, -0.2) is 0 Å². The summed E-state index contributed by atoms with van der Waals surface area (Å²) in [6.07, 6.45) is 10.3. The molecule has 3 aromatic rings. The van der Waals surface area contributed by atoms with Crippen LogP contribution in [0.3, 0.4) is 0 Å². The molecule has 0 saturated heterocycles. The van der Waals surface area contributed by atoms with Crippen LogP contribution >= 0.6 is 0 Å². The minimum atomic E-state index is -0.0142. The van der Waals surface area contributed by atoms with E-state index in [0.717, 1.165) is 42.7 Å². The molecule has 174 valence electrons. The molecule has 1 aliphatic carbocycles. The summed E-state index contributed by atoms with van der Waals surface area (Å²) in [7, 11) is 0. The predicted octanol–water partition coefficient (Wildman–Crippen LogP) is 9.03. The first-order chi connectivity index (χ1) is 16.1.